The molecule has 0 saturated carbocycles. The Bertz CT molecular complexity index is 845. The molecule has 0 spiro atoms. The van der Waals surface area contributed by atoms with Gasteiger partial charge in [-0.3, -0.25) is 9.69 Å². The molecular formula is C17H23N3O3S2. The van der Waals surface area contributed by atoms with Gasteiger partial charge in [0, 0.05) is 13.1 Å². The minimum atomic E-state index is -2.99. The fourth-order valence-electron chi connectivity index (χ4n) is 3.00. The molecule has 0 N–H and O–H groups in total. The van der Waals surface area contributed by atoms with E-state index in [0.29, 0.717) is 6.42 Å². The van der Waals surface area contributed by atoms with Crippen molar-refractivity contribution in [2.75, 3.05) is 32.1 Å². The van der Waals surface area contributed by atoms with E-state index in [-0.39, 0.29) is 36.0 Å². The molecule has 0 aliphatic carbocycles. The van der Waals surface area contributed by atoms with E-state index in [9.17, 15) is 13.2 Å². The van der Waals surface area contributed by atoms with E-state index < -0.39 is 9.84 Å². The number of benzene rings is 1. The maximum absolute atomic E-state index is 12.5. The highest BCUT2D eigenvalue weighted by Gasteiger charge is 2.33. The Kier molecular flexibility index (Phi) is 5.13. The molecule has 0 bridgehead atoms. The van der Waals surface area contributed by atoms with Crippen LogP contribution in [0.5, 0.6) is 0 Å². The number of hydrogen-bond donors (Lipinski definition) is 0. The van der Waals surface area contributed by atoms with Crippen LogP contribution in [-0.4, -0.2) is 67.3 Å². The lowest BCUT2D eigenvalue weighted by Gasteiger charge is -2.28. The highest BCUT2D eigenvalue weighted by Crippen LogP contribution is 2.28. The van der Waals surface area contributed by atoms with Crippen molar-refractivity contribution in [3.05, 3.63) is 29.3 Å². The van der Waals surface area contributed by atoms with Crippen LogP contribution >= 0.6 is 11.3 Å². The predicted octanol–water partition coefficient (Wildman–Crippen LogP) is 1.93. The number of likely N-dealkylation sites (N-methyl/N-ethyl adjacent to an activating group) is 2. The maximum Gasteiger partial charge on any atom is 0.236 e. The molecule has 1 fully saturated rings. The van der Waals surface area contributed by atoms with Gasteiger partial charge in [0.05, 0.1) is 34.3 Å². The van der Waals surface area contributed by atoms with Gasteiger partial charge in [-0.25, -0.2) is 13.4 Å². The molecule has 2 atom stereocenters. The number of carbonyl (C=O) groups is 1. The molecule has 1 aromatic carbocycles. The van der Waals surface area contributed by atoms with E-state index in [1.807, 2.05) is 43.1 Å². The fraction of sp³-hybridized carbons (Fsp3) is 0.529. The highest BCUT2D eigenvalue weighted by molar-refractivity contribution is 7.91. The van der Waals surface area contributed by atoms with Crippen molar-refractivity contribution in [3.8, 4) is 0 Å². The first-order valence-corrected chi connectivity index (χ1v) is 10.9. The second-order valence-electron chi connectivity index (χ2n) is 6.67. The number of fused-ring (bicyclic) bond motifs is 1. The zero-order valence-corrected chi connectivity index (χ0v) is 16.3. The molecule has 1 aliphatic rings. The Morgan fingerprint density at radius 1 is 1.36 bits per heavy atom. The molecule has 2 heterocycles. The summed E-state index contributed by atoms with van der Waals surface area (Å²) in [6.07, 6.45) is 0.529. The Morgan fingerprint density at radius 2 is 2.08 bits per heavy atom. The van der Waals surface area contributed by atoms with Crippen molar-refractivity contribution in [2.45, 2.75) is 25.4 Å². The molecule has 6 nitrogen and oxygen atoms in total. The van der Waals surface area contributed by atoms with Crippen molar-refractivity contribution in [1.29, 1.82) is 0 Å². The minimum Gasteiger partial charge on any atom is -0.341 e. The number of thiazole rings is 1. The zero-order valence-electron chi connectivity index (χ0n) is 14.7. The number of para-hydroxylation sites is 1. The summed E-state index contributed by atoms with van der Waals surface area (Å²) in [4.78, 5) is 20.7. The molecule has 25 heavy (non-hydrogen) atoms. The van der Waals surface area contributed by atoms with Crippen LogP contribution in [0.3, 0.4) is 0 Å². The van der Waals surface area contributed by atoms with Crippen LogP contribution in [0.4, 0.5) is 0 Å². The summed E-state index contributed by atoms with van der Waals surface area (Å²) in [6.45, 7) is 2.27. The second kappa shape index (κ2) is 7.01. The van der Waals surface area contributed by atoms with Crippen LogP contribution in [-0.2, 0) is 14.6 Å². The average molecular weight is 382 g/mol. The molecule has 136 valence electrons. The van der Waals surface area contributed by atoms with Gasteiger partial charge in [0.1, 0.15) is 5.01 Å². The molecule has 1 aromatic heterocycles. The third-order valence-electron chi connectivity index (χ3n) is 4.86. The first-order chi connectivity index (χ1) is 11.8. The van der Waals surface area contributed by atoms with Crippen LogP contribution in [0, 0.1) is 0 Å². The van der Waals surface area contributed by atoms with Crippen molar-refractivity contribution in [2.24, 2.45) is 0 Å². The van der Waals surface area contributed by atoms with Gasteiger partial charge < -0.3 is 4.90 Å². The third kappa shape index (κ3) is 4.02. The molecule has 1 aliphatic heterocycles. The summed E-state index contributed by atoms with van der Waals surface area (Å²) in [5.41, 5.74) is 0.974. The van der Waals surface area contributed by atoms with Gasteiger partial charge in [-0.1, -0.05) is 12.1 Å². The van der Waals surface area contributed by atoms with Crippen LogP contribution < -0.4 is 0 Å². The van der Waals surface area contributed by atoms with Crippen LogP contribution in [0.1, 0.15) is 24.4 Å². The Labute approximate surface area is 152 Å². The lowest BCUT2D eigenvalue weighted by atomic mass is 10.2. The number of rotatable bonds is 5. The largest absolute Gasteiger partial charge is 0.341 e. The number of carbonyl (C=O) groups excluding carboxylic acids is 1. The number of sulfone groups is 1. The molecular weight excluding hydrogens is 358 g/mol. The van der Waals surface area contributed by atoms with Crippen LogP contribution in [0.25, 0.3) is 10.2 Å². The zero-order chi connectivity index (χ0) is 18.2. The number of nitrogens with zero attached hydrogens (tertiary/aromatic N) is 3. The SMILES string of the molecule is C[C@@H](c1nc2ccccc2s1)N(C)CC(=O)N(C)[C@@H]1CCS(=O)(=O)C1. The van der Waals surface area contributed by atoms with Gasteiger partial charge in [-0.2, -0.15) is 0 Å². The fourth-order valence-corrected chi connectivity index (χ4v) is 5.86. The second-order valence-corrected chi connectivity index (χ2v) is 9.96. The molecule has 3 rings (SSSR count). The van der Waals surface area contributed by atoms with Crippen molar-refractivity contribution in [1.82, 2.24) is 14.8 Å². The molecule has 1 saturated heterocycles. The summed E-state index contributed by atoms with van der Waals surface area (Å²) in [5.74, 6) is 0.192. The normalized spacial score (nSPS) is 20.9. The maximum atomic E-state index is 12.5. The van der Waals surface area contributed by atoms with Crippen molar-refractivity contribution in [3.63, 3.8) is 0 Å². The number of aromatic nitrogens is 1. The van der Waals surface area contributed by atoms with Gasteiger partial charge >= 0.3 is 0 Å². The Hall–Kier alpha value is -1.51. The van der Waals surface area contributed by atoms with Crippen LogP contribution in [0.15, 0.2) is 24.3 Å². The summed E-state index contributed by atoms with van der Waals surface area (Å²) in [7, 11) is 0.603. The van der Waals surface area contributed by atoms with E-state index in [0.717, 1.165) is 15.2 Å². The van der Waals surface area contributed by atoms with E-state index in [1.54, 1.807) is 23.3 Å². The summed E-state index contributed by atoms with van der Waals surface area (Å²) < 4.78 is 24.4. The first kappa shape index (κ1) is 18.3. The molecule has 0 unspecified atom stereocenters. The Morgan fingerprint density at radius 3 is 2.72 bits per heavy atom. The highest BCUT2D eigenvalue weighted by atomic mass is 32.2. The quantitative estimate of drug-likeness (QED) is 0.791. The molecule has 8 heteroatoms. The first-order valence-electron chi connectivity index (χ1n) is 8.28. The summed E-state index contributed by atoms with van der Waals surface area (Å²) >= 11 is 1.64. The Balaban J connectivity index is 1.64. The number of amides is 1. The minimum absolute atomic E-state index is 0.0158. The van der Waals surface area contributed by atoms with E-state index in [2.05, 4.69) is 4.98 Å². The third-order valence-corrected chi connectivity index (χ3v) is 7.82. The standard InChI is InChI=1S/C17H23N3O3S2/c1-12(17-18-14-6-4-5-7-15(14)24-17)19(2)10-16(21)20(3)13-8-9-25(22,23)11-13/h4-7,12-13H,8-11H2,1-3H3/t12-,13+/m0/s1. The average Bonchev–Trinajstić information content (AvgIpc) is 3.16. The van der Waals surface area contributed by atoms with E-state index in [4.69, 9.17) is 0 Å². The van der Waals surface area contributed by atoms with Crippen molar-refractivity contribution < 1.29 is 13.2 Å². The topological polar surface area (TPSA) is 70.6 Å². The smallest absolute Gasteiger partial charge is 0.236 e. The van der Waals surface area contributed by atoms with Gasteiger partial charge in [-0.15, -0.1) is 11.3 Å². The van der Waals surface area contributed by atoms with Gasteiger partial charge in [0.15, 0.2) is 9.84 Å². The monoisotopic (exact) mass is 381 g/mol. The van der Waals surface area contributed by atoms with Gasteiger partial charge in [-0.05, 0) is 32.5 Å². The van der Waals surface area contributed by atoms with Crippen molar-refractivity contribution >= 4 is 37.3 Å². The molecule has 2 aromatic rings. The van der Waals surface area contributed by atoms with E-state index >= 15 is 0 Å². The van der Waals surface area contributed by atoms with Gasteiger partial charge in [0.2, 0.25) is 5.91 Å². The molecule has 1 amide bonds. The van der Waals surface area contributed by atoms with Gasteiger partial charge in [0.25, 0.3) is 0 Å². The van der Waals surface area contributed by atoms with E-state index in [1.165, 1.54) is 0 Å². The van der Waals surface area contributed by atoms with Crippen LogP contribution in [0.2, 0.25) is 0 Å². The molecule has 0 radical (unpaired) electrons. The predicted molar refractivity (Wildman–Crippen MR) is 100 cm³/mol. The summed E-state index contributed by atoms with van der Waals surface area (Å²) in [6, 6.07) is 7.80. The summed E-state index contributed by atoms with van der Waals surface area (Å²) in [5, 5.41) is 0.975. The lowest BCUT2D eigenvalue weighted by molar-refractivity contribution is -0.132. The lowest BCUT2D eigenvalue weighted by Crippen LogP contribution is -2.43. The number of hydrogen-bond acceptors (Lipinski definition) is 6.